The molecule has 1 amide bonds. The fourth-order valence-electron chi connectivity index (χ4n) is 2.80. The van der Waals surface area contributed by atoms with Crippen LogP contribution in [0.5, 0.6) is 11.5 Å². The summed E-state index contributed by atoms with van der Waals surface area (Å²) in [5.74, 6) is 0.518. The van der Waals surface area contributed by atoms with Gasteiger partial charge in [-0.1, -0.05) is 17.7 Å². The summed E-state index contributed by atoms with van der Waals surface area (Å²) < 4.78 is 38.3. The predicted octanol–water partition coefficient (Wildman–Crippen LogP) is 4.72. The van der Waals surface area contributed by atoms with Crippen molar-refractivity contribution in [2.24, 2.45) is 0 Å². The molecule has 0 saturated heterocycles. The second-order valence-corrected chi connectivity index (χ2v) is 8.71. The van der Waals surface area contributed by atoms with Gasteiger partial charge in [0.2, 0.25) is 0 Å². The molecule has 0 aliphatic rings. The normalized spacial score (nSPS) is 11.0. The second-order valence-electron chi connectivity index (χ2n) is 6.62. The van der Waals surface area contributed by atoms with Crippen molar-refractivity contribution < 1.29 is 22.7 Å². The number of nitrogens with one attached hydrogen (secondary N) is 2. The summed E-state index contributed by atoms with van der Waals surface area (Å²) in [4.78, 5) is 12.7. The highest BCUT2D eigenvalue weighted by Gasteiger charge is 2.18. The minimum atomic E-state index is -3.90. The molecule has 0 heterocycles. The number of hydrogen-bond acceptors (Lipinski definition) is 5. The molecule has 3 rings (SSSR count). The Balaban J connectivity index is 1.83. The summed E-state index contributed by atoms with van der Waals surface area (Å²) in [7, 11) is -0.908. The Morgan fingerprint density at radius 3 is 2.32 bits per heavy atom. The van der Waals surface area contributed by atoms with E-state index in [0.717, 1.165) is 5.56 Å². The van der Waals surface area contributed by atoms with Gasteiger partial charge in [-0.2, -0.15) is 0 Å². The Labute approximate surface area is 186 Å². The van der Waals surface area contributed by atoms with Crippen LogP contribution in [-0.4, -0.2) is 28.5 Å². The van der Waals surface area contributed by atoms with Gasteiger partial charge in [0, 0.05) is 22.3 Å². The first-order chi connectivity index (χ1) is 14.7. The molecule has 3 aromatic carbocycles. The number of carbonyl (C=O) groups excluding carboxylic acids is 1. The van der Waals surface area contributed by atoms with Crippen molar-refractivity contribution in [2.75, 3.05) is 24.3 Å². The highest BCUT2D eigenvalue weighted by atomic mass is 35.5. The lowest BCUT2D eigenvalue weighted by molar-refractivity contribution is 0.102. The van der Waals surface area contributed by atoms with Crippen molar-refractivity contribution in [3.63, 3.8) is 0 Å². The van der Waals surface area contributed by atoms with Gasteiger partial charge in [0.15, 0.2) is 0 Å². The Morgan fingerprint density at radius 1 is 0.968 bits per heavy atom. The zero-order valence-electron chi connectivity index (χ0n) is 17.1. The van der Waals surface area contributed by atoms with Crippen LogP contribution in [0.25, 0.3) is 0 Å². The lowest BCUT2D eigenvalue weighted by Crippen LogP contribution is -2.16. The average molecular weight is 461 g/mol. The van der Waals surface area contributed by atoms with E-state index in [0.29, 0.717) is 27.9 Å². The van der Waals surface area contributed by atoms with Gasteiger partial charge in [-0.25, -0.2) is 8.42 Å². The molecule has 3 aromatic rings. The number of sulfonamides is 1. The van der Waals surface area contributed by atoms with Gasteiger partial charge < -0.3 is 14.8 Å². The van der Waals surface area contributed by atoms with Gasteiger partial charge in [0.05, 0.1) is 24.8 Å². The molecule has 0 atom stereocenters. The molecule has 31 heavy (non-hydrogen) atoms. The van der Waals surface area contributed by atoms with Crippen molar-refractivity contribution in [2.45, 2.75) is 11.8 Å². The monoisotopic (exact) mass is 460 g/mol. The molecule has 0 fully saturated rings. The van der Waals surface area contributed by atoms with Crippen LogP contribution in [0.1, 0.15) is 15.9 Å². The first kappa shape index (κ1) is 22.5. The van der Waals surface area contributed by atoms with Gasteiger partial charge in [0.1, 0.15) is 11.5 Å². The van der Waals surface area contributed by atoms with Gasteiger partial charge in [-0.15, -0.1) is 0 Å². The third kappa shape index (κ3) is 5.28. The molecule has 0 spiro atoms. The number of anilines is 2. The topological polar surface area (TPSA) is 93.7 Å². The summed E-state index contributed by atoms with van der Waals surface area (Å²) >= 11 is 6.10. The van der Waals surface area contributed by atoms with E-state index in [9.17, 15) is 13.2 Å². The third-order valence-corrected chi connectivity index (χ3v) is 6.26. The first-order valence-corrected chi connectivity index (χ1v) is 11.0. The van der Waals surface area contributed by atoms with Gasteiger partial charge in [-0.05, 0) is 61.0 Å². The Morgan fingerprint density at radius 2 is 1.68 bits per heavy atom. The number of aryl methyl sites for hydroxylation is 1. The molecule has 0 radical (unpaired) electrons. The Hall–Kier alpha value is -3.23. The number of amides is 1. The number of rotatable bonds is 7. The van der Waals surface area contributed by atoms with Crippen LogP contribution in [0.2, 0.25) is 5.02 Å². The highest BCUT2D eigenvalue weighted by molar-refractivity contribution is 7.92. The maximum atomic E-state index is 12.8. The standard InChI is InChI=1S/C22H21ClN2O5S/c1-14-11-20(21(30-3)13-19(14)23)24-22(26)15-5-4-6-18(12-15)31(27,28)25-16-7-9-17(29-2)10-8-16/h4-13,25H,1-3H3,(H,24,26). The smallest absolute Gasteiger partial charge is 0.261 e. The predicted molar refractivity (Wildman–Crippen MR) is 121 cm³/mol. The van der Waals surface area contributed by atoms with Crippen LogP contribution in [0.4, 0.5) is 11.4 Å². The summed E-state index contributed by atoms with van der Waals surface area (Å²) in [6, 6.07) is 15.5. The van der Waals surface area contributed by atoms with E-state index < -0.39 is 15.9 Å². The fraction of sp³-hybridized carbons (Fsp3) is 0.136. The van der Waals surface area contributed by atoms with E-state index in [4.69, 9.17) is 21.1 Å². The van der Waals surface area contributed by atoms with E-state index in [1.807, 2.05) is 0 Å². The number of benzene rings is 3. The van der Waals surface area contributed by atoms with E-state index in [1.165, 1.54) is 38.5 Å². The van der Waals surface area contributed by atoms with Gasteiger partial charge in [-0.3, -0.25) is 9.52 Å². The first-order valence-electron chi connectivity index (χ1n) is 9.16. The average Bonchev–Trinajstić information content (AvgIpc) is 2.76. The molecule has 7 nitrogen and oxygen atoms in total. The van der Waals surface area contributed by atoms with E-state index in [1.54, 1.807) is 43.3 Å². The number of hydrogen-bond donors (Lipinski definition) is 2. The minimum absolute atomic E-state index is 0.0461. The summed E-state index contributed by atoms with van der Waals surface area (Å²) in [5, 5.41) is 3.24. The molecule has 0 aliphatic carbocycles. The number of ether oxygens (including phenoxy) is 2. The molecule has 0 unspecified atom stereocenters. The zero-order chi connectivity index (χ0) is 22.6. The Bertz CT molecular complexity index is 1210. The largest absolute Gasteiger partial charge is 0.497 e. The fourth-order valence-corrected chi connectivity index (χ4v) is 4.06. The van der Waals surface area contributed by atoms with Crippen LogP contribution in [0.15, 0.2) is 65.6 Å². The van der Waals surface area contributed by atoms with Crippen molar-refractivity contribution in [3.05, 3.63) is 76.8 Å². The molecular formula is C22H21ClN2O5S. The molecule has 0 aromatic heterocycles. The zero-order valence-corrected chi connectivity index (χ0v) is 18.7. The summed E-state index contributed by atoms with van der Waals surface area (Å²) in [5.41, 5.74) is 1.74. The molecule has 0 aliphatic heterocycles. The lowest BCUT2D eigenvalue weighted by atomic mass is 10.1. The van der Waals surface area contributed by atoms with Gasteiger partial charge >= 0.3 is 0 Å². The van der Waals surface area contributed by atoms with Crippen LogP contribution >= 0.6 is 11.6 Å². The Kier molecular flexibility index (Phi) is 6.72. The second kappa shape index (κ2) is 9.28. The third-order valence-electron chi connectivity index (χ3n) is 4.48. The number of carbonyl (C=O) groups is 1. The van der Waals surface area contributed by atoms with Crippen LogP contribution in [0, 0.1) is 6.92 Å². The van der Waals surface area contributed by atoms with Gasteiger partial charge in [0.25, 0.3) is 15.9 Å². The number of methoxy groups -OCH3 is 2. The van der Waals surface area contributed by atoms with Crippen molar-refractivity contribution in [1.82, 2.24) is 0 Å². The molecule has 162 valence electrons. The summed E-state index contributed by atoms with van der Waals surface area (Å²) in [6.45, 7) is 1.80. The maximum absolute atomic E-state index is 12.8. The molecule has 0 saturated carbocycles. The molecule has 2 N–H and O–H groups in total. The van der Waals surface area contributed by atoms with Crippen LogP contribution in [0.3, 0.4) is 0 Å². The number of halogens is 1. The molecular weight excluding hydrogens is 440 g/mol. The van der Waals surface area contributed by atoms with Crippen LogP contribution < -0.4 is 19.5 Å². The van der Waals surface area contributed by atoms with Crippen molar-refractivity contribution in [3.8, 4) is 11.5 Å². The molecule has 9 heteroatoms. The van der Waals surface area contributed by atoms with Crippen molar-refractivity contribution >= 4 is 38.9 Å². The van der Waals surface area contributed by atoms with E-state index in [-0.39, 0.29) is 10.5 Å². The van der Waals surface area contributed by atoms with Crippen molar-refractivity contribution in [1.29, 1.82) is 0 Å². The maximum Gasteiger partial charge on any atom is 0.261 e. The summed E-state index contributed by atoms with van der Waals surface area (Å²) in [6.07, 6.45) is 0. The lowest BCUT2D eigenvalue weighted by Gasteiger charge is -2.13. The van der Waals surface area contributed by atoms with E-state index >= 15 is 0 Å². The quantitative estimate of drug-likeness (QED) is 0.532. The highest BCUT2D eigenvalue weighted by Crippen LogP contribution is 2.31. The van der Waals surface area contributed by atoms with Crippen LogP contribution in [-0.2, 0) is 10.0 Å². The minimum Gasteiger partial charge on any atom is -0.497 e. The molecule has 0 bridgehead atoms. The SMILES string of the molecule is COc1ccc(NS(=O)(=O)c2cccc(C(=O)Nc3cc(C)c(Cl)cc3OC)c2)cc1. The van der Waals surface area contributed by atoms with E-state index in [2.05, 4.69) is 10.0 Å².